The highest BCUT2D eigenvalue weighted by molar-refractivity contribution is 5.87. The fourth-order valence-electron chi connectivity index (χ4n) is 2.95. The van der Waals surface area contributed by atoms with Gasteiger partial charge in [0, 0.05) is 18.2 Å². The maximum absolute atomic E-state index is 12.1. The molecule has 0 saturated heterocycles. The van der Waals surface area contributed by atoms with Crippen LogP contribution in [0.1, 0.15) is 45.1 Å². The van der Waals surface area contributed by atoms with Gasteiger partial charge in [0.25, 0.3) is 0 Å². The molecule has 1 aromatic rings. The Hall–Kier alpha value is -2.28. The minimum atomic E-state index is -0.620. The van der Waals surface area contributed by atoms with Gasteiger partial charge in [0.2, 0.25) is 11.8 Å². The average Bonchev–Trinajstić information content (AvgIpc) is 3.17. The number of hydrogen-bond acceptors (Lipinski definition) is 5. The summed E-state index contributed by atoms with van der Waals surface area (Å²) in [4.78, 5) is 23.9. The van der Waals surface area contributed by atoms with E-state index in [9.17, 15) is 9.59 Å². The second kappa shape index (κ2) is 10.2. The molecule has 1 saturated carbocycles. The van der Waals surface area contributed by atoms with Crippen molar-refractivity contribution in [2.45, 2.75) is 58.2 Å². The zero-order chi connectivity index (χ0) is 19.8. The average molecular weight is 377 g/mol. The SMILES string of the molecule is COc1ccc(CNC(=O)CNC(=O)[C@@H](N)C(C)C)c(OC2CCCC2)c1. The molecule has 7 nitrogen and oxygen atoms in total. The van der Waals surface area contributed by atoms with Gasteiger partial charge in [-0.05, 0) is 43.7 Å². The summed E-state index contributed by atoms with van der Waals surface area (Å²) in [6, 6.07) is 4.96. The summed E-state index contributed by atoms with van der Waals surface area (Å²) in [5.74, 6) is 0.861. The van der Waals surface area contributed by atoms with Gasteiger partial charge in [-0.25, -0.2) is 0 Å². The molecule has 2 amide bonds. The Balaban J connectivity index is 1.90. The third-order valence-electron chi connectivity index (χ3n) is 4.79. The van der Waals surface area contributed by atoms with Crippen molar-refractivity contribution in [3.05, 3.63) is 23.8 Å². The molecule has 0 radical (unpaired) electrons. The van der Waals surface area contributed by atoms with Crippen LogP contribution in [-0.2, 0) is 16.1 Å². The number of nitrogens with two attached hydrogens (primary N) is 1. The summed E-state index contributed by atoms with van der Waals surface area (Å²) < 4.78 is 11.4. The monoisotopic (exact) mass is 377 g/mol. The highest BCUT2D eigenvalue weighted by atomic mass is 16.5. The first-order valence-corrected chi connectivity index (χ1v) is 9.54. The number of ether oxygens (including phenoxy) is 2. The number of carbonyl (C=O) groups excluding carboxylic acids is 2. The molecule has 4 N–H and O–H groups in total. The van der Waals surface area contributed by atoms with E-state index < -0.39 is 6.04 Å². The highest BCUT2D eigenvalue weighted by Crippen LogP contribution is 2.29. The lowest BCUT2D eigenvalue weighted by atomic mass is 10.1. The molecule has 0 spiro atoms. The lowest BCUT2D eigenvalue weighted by Crippen LogP contribution is -2.47. The first-order valence-electron chi connectivity index (χ1n) is 9.54. The molecule has 1 aliphatic rings. The van der Waals surface area contributed by atoms with Crippen molar-refractivity contribution in [2.24, 2.45) is 11.7 Å². The van der Waals surface area contributed by atoms with E-state index in [2.05, 4.69) is 10.6 Å². The van der Waals surface area contributed by atoms with Crippen molar-refractivity contribution in [3.8, 4) is 11.5 Å². The second-order valence-electron chi connectivity index (χ2n) is 7.26. The number of hydrogen-bond donors (Lipinski definition) is 3. The van der Waals surface area contributed by atoms with Crippen LogP contribution in [0.2, 0.25) is 0 Å². The van der Waals surface area contributed by atoms with E-state index in [0.29, 0.717) is 12.3 Å². The Bertz CT molecular complexity index is 642. The lowest BCUT2D eigenvalue weighted by molar-refractivity contribution is -0.127. The molecule has 27 heavy (non-hydrogen) atoms. The summed E-state index contributed by atoms with van der Waals surface area (Å²) in [6.45, 7) is 3.94. The van der Waals surface area contributed by atoms with Gasteiger partial charge in [-0.15, -0.1) is 0 Å². The topological polar surface area (TPSA) is 103 Å². The fraction of sp³-hybridized carbons (Fsp3) is 0.600. The van der Waals surface area contributed by atoms with Gasteiger partial charge in [0.05, 0.1) is 25.8 Å². The minimum Gasteiger partial charge on any atom is -0.497 e. The Morgan fingerprint density at radius 2 is 1.93 bits per heavy atom. The van der Waals surface area contributed by atoms with Gasteiger partial charge >= 0.3 is 0 Å². The molecule has 0 heterocycles. The molecule has 2 rings (SSSR count). The molecule has 1 aliphatic carbocycles. The number of carbonyl (C=O) groups is 2. The molecule has 0 unspecified atom stereocenters. The number of benzene rings is 1. The summed E-state index contributed by atoms with van der Waals surface area (Å²) in [6.07, 6.45) is 4.66. The smallest absolute Gasteiger partial charge is 0.239 e. The van der Waals surface area contributed by atoms with E-state index in [0.717, 1.165) is 24.2 Å². The van der Waals surface area contributed by atoms with Crippen LogP contribution in [0, 0.1) is 5.92 Å². The molecule has 150 valence electrons. The Morgan fingerprint density at radius 3 is 2.56 bits per heavy atom. The number of amides is 2. The predicted octanol–water partition coefficient (Wildman–Crippen LogP) is 1.73. The van der Waals surface area contributed by atoms with Gasteiger partial charge < -0.3 is 25.8 Å². The van der Waals surface area contributed by atoms with Crippen LogP contribution in [-0.4, -0.2) is 37.6 Å². The summed E-state index contributed by atoms with van der Waals surface area (Å²) >= 11 is 0. The molecule has 0 aromatic heterocycles. The van der Waals surface area contributed by atoms with Crippen LogP contribution in [0.4, 0.5) is 0 Å². The zero-order valence-electron chi connectivity index (χ0n) is 16.4. The molecular weight excluding hydrogens is 346 g/mol. The van der Waals surface area contributed by atoms with Crippen molar-refractivity contribution < 1.29 is 19.1 Å². The van der Waals surface area contributed by atoms with Crippen molar-refractivity contribution in [2.75, 3.05) is 13.7 Å². The molecule has 7 heteroatoms. The normalized spacial score (nSPS) is 15.4. The quantitative estimate of drug-likeness (QED) is 0.608. The van der Waals surface area contributed by atoms with E-state index >= 15 is 0 Å². The second-order valence-corrected chi connectivity index (χ2v) is 7.26. The Kier molecular flexibility index (Phi) is 7.91. The highest BCUT2D eigenvalue weighted by Gasteiger charge is 2.19. The van der Waals surface area contributed by atoms with Crippen molar-refractivity contribution in [1.29, 1.82) is 0 Å². The molecular formula is C20H31N3O4. The van der Waals surface area contributed by atoms with E-state index in [1.54, 1.807) is 7.11 Å². The number of methoxy groups -OCH3 is 1. The largest absolute Gasteiger partial charge is 0.497 e. The van der Waals surface area contributed by atoms with E-state index in [4.69, 9.17) is 15.2 Å². The molecule has 0 aliphatic heterocycles. The third-order valence-corrected chi connectivity index (χ3v) is 4.79. The van der Waals surface area contributed by atoms with Gasteiger partial charge in [-0.2, -0.15) is 0 Å². The molecule has 1 aromatic carbocycles. The maximum Gasteiger partial charge on any atom is 0.239 e. The van der Waals surface area contributed by atoms with Crippen LogP contribution in [0.15, 0.2) is 18.2 Å². The van der Waals surface area contributed by atoms with Crippen molar-refractivity contribution in [3.63, 3.8) is 0 Å². The lowest BCUT2D eigenvalue weighted by Gasteiger charge is -2.18. The van der Waals surface area contributed by atoms with Gasteiger partial charge in [0.1, 0.15) is 11.5 Å². The van der Waals surface area contributed by atoms with Gasteiger partial charge in [-0.1, -0.05) is 13.8 Å². The van der Waals surface area contributed by atoms with E-state index in [1.165, 1.54) is 12.8 Å². The van der Waals surface area contributed by atoms with Crippen LogP contribution in [0.25, 0.3) is 0 Å². The van der Waals surface area contributed by atoms with Crippen LogP contribution in [0.5, 0.6) is 11.5 Å². The van der Waals surface area contributed by atoms with Gasteiger partial charge in [0.15, 0.2) is 0 Å². The van der Waals surface area contributed by atoms with Crippen molar-refractivity contribution in [1.82, 2.24) is 10.6 Å². The first kappa shape index (κ1) is 21.0. The van der Waals surface area contributed by atoms with Gasteiger partial charge in [-0.3, -0.25) is 9.59 Å². The zero-order valence-corrected chi connectivity index (χ0v) is 16.4. The number of nitrogens with one attached hydrogen (secondary N) is 2. The van der Waals surface area contributed by atoms with Crippen LogP contribution >= 0.6 is 0 Å². The maximum atomic E-state index is 12.1. The van der Waals surface area contributed by atoms with Crippen LogP contribution < -0.4 is 25.8 Å². The minimum absolute atomic E-state index is 0.0163. The molecule has 1 atom stereocenters. The molecule has 1 fully saturated rings. The summed E-state index contributed by atoms with van der Waals surface area (Å²) in [5, 5.41) is 5.37. The first-order chi connectivity index (χ1) is 12.9. The number of rotatable bonds is 9. The summed E-state index contributed by atoms with van der Waals surface area (Å²) in [5.41, 5.74) is 6.64. The summed E-state index contributed by atoms with van der Waals surface area (Å²) in [7, 11) is 1.61. The van der Waals surface area contributed by atoms with Crippen molar-refractivity contribution >= 4 is 11.8 Å². The standard InChI is InChI=1S/C20H31N3O4/c1-13(2)19(21)20(25)23-12-18(24)22-11-14-8-9-16(26-3)10-17(14)27-15-6-4-5-7-15/h8-10,13,15,19H,4-7,11-12,21H2,1-3H3,(H,22,24)(H,23,25)/t19-/m0/s1. The van der Waals surface area contributed by atoms with E-state index in [1.807, 2.05) is 32.0 Å². The third kappa shape index (κ3) is 6.43. The van der Waals surface area contributed by atoms with Crippen LogP contribution in [0.3, 0.4) is 0 Å². The molecule has 0 bridgehead atoms. The Labute approximate surface area is 161 Å². The Morgan fingerprint density at radius 1 is 1.22 bits per heavy atom. The van der Waals surface area contributed by atoms with E-state index in [-0.39, 0.29) is 30.4 Å². The predicted molar refractivity (Wildman–Crippen MR) is 104 cm³/mol. The fourth-order valence-corrected chi connectivity index (χ4v) is 2.95.